The van der Waals surface area contributed by atoms with Gasteiger partial charge in [0.25, 0.3) is 0 Å². The van der Waals surface area contributed by atoms with Gasteiger partial charge < -0.3 is 4.74 Å². The summed E-state index contributed by atoms with van der Waals surface area (Å²) in [7, 11) is 1.72. The molecule has 0 amide bonds. The number of aryl methyl sites for hydroxylation is 2. The molecule has 0 N–H and O–H groups in total. The molecular weight excluding hydrogens is 398 g/mol. The van der Waals surface area contributed by atoms with Crippen LogP contribution in [-0.2, 0) is 23.1 Å². The highest BCUT2D eigenvalue weighted by Gasteiger charge is 2.20. The van der Waals surface area contributed by atoms with Crippen LogP contribution in [0.3, 0.4) is 0 Å². The molecular formula is C14H12BrClF2N2O3. The lowest BCUT2D eigenvalue weighted by atomic mass is 10.1. The second kappa shape index (κ2) is 8.76. The summed E-state index contributed by atoms with van der Waals surface area (Å²) in [6.07, 6.45) is 0.911. The minimum atomic E-state index is -2.90. The van der Waals surface area contributed by atoms with E-state index in [1.807, 2.05) is 6.92 Å². The fraction of sp³-hybridized carbons (Fsp3) is 0.286. The van der Waals surface area contributed by atoms with E-state index in [2.05, 4.69) is 25.8 Å². The van der Waals surface area contributed by atoms with Crippen molar-refractivity contribution in [2.24, 2.45) is 7.05 Å². The van der Waals surface area contributed by atoms with Gasteiger partial charge in [0.1, 0.15) is 5.75 Å². The second-order valence-corrected chi connectivity index (χ2v) is 5.48. The molecule has 0 saturated carbocycles. The molecule has 1 heterocycles. The summed E-state index contributed by atoms with van der Waals surface area (Å²) in [4.78, 5) is 16.2. The van der Waals surface area contributed by atoms with Gasteiger partial charge in [0.05, 0.1) is 16.4 Å². The predicted molar refractivity (Wildman–Crippen MR) is 82.4 cm³/mol. The Hall–Kier alpha value is -1.76. The highest BCUT2D eigenvalue weighted by Crippen LogP contribution is 2.38. The van der Waals surface area contributed by atoms with E-state index in [9.17, 15) is 8.78 Å². The summed E-state index contributed by atoms with van der Waals surface area (Å²) in [5.74, 6) is 0.0573. The van der Waals surface area contributed by atoms with Crippen molar-refractivity contribution in [2.75, 3.05) is 0 Å². The molecule has 2 rings (SSSR count). The summed E-state index contributed by atoms with van der Waals surface area (Å²) < 4.78 is 31.8. The van der Waals surface area contributed by atoms with Gasteiger partial charge in [-0.2, -0.15) is 23.5 Å². The molecule has 0 unspecified atom stereocenters. The van der Waals surface area contributed by atoms with Gasteiger partial charge in [-0.25, -0.2) is 0 Å². The average Bonchev–Trinajstić information content (AvgIpc) is 2.74. The lowest BCUT2D eigenvalue weighted by molar-refractivity contribution is -0.191. The second-order valence-electron chi connectivity index (χ2n) is 4.19. The third-order valence-corrected chi connectivity index (χ3v) is 3.70. The molecule has 0 bridgehead atoms. The van der Waals surface area contributed by atoms with Crippen LogP contribution in [0.4, 0.5) is 8.78 Å². The lowest BCUT2D eigenvalue weighted by Crippen LogP contribution is -2.04. The first-order chi connectivity index (χ1) is 10.8. The third-order valence-electron chi connectivity index (χ3n) is 2.81. The lowest BCUT2D eigenvalue weighted by Gasteiger charge is -2.12. The molecule has 5 nitrogen and oxygen atoms in total. The smallest absolute Gasteiger partial charge is 0.387 e. The van der Waals surface area contributed by atoms with E-state index >= 15 is 0 Å². The van der Waals surface area contributed by atoms with E-state index in [-0.39, 0.29) is 11.9 Å². The molecule has 23 heavy (non-hydrogen) atoms. The number of nitrogens with zero attached hydrogens (tertiary/aromatic N) is 2. The van der Waals surface area contributed by atoms with Gasteiger partial charge in [0.15, 0.2) is 0 Å². The minimum Gasteiger partial charge on any atom is -0.434 e. The number of halogens is 4. The zero-order valence-electron chi connectivity index (χ0n) is 12.1. The molecule has 124 valence electrons. The van der Waals surface area contributed by atoms with Crippen LogP contribution >= 0.6 is 27.5 Å². The Morgan fingerprint density at radius 1 is 1.43 bits per heavy atom. The van der Waals surface area contributed by atoms with Gasteiger partial charge >= 0.3 is 12.8 Å². The molecule has 0 radical (unpaired) electrons. The fourth-order valence-corrected chi connectivity index (χ4v) is 2.69. The van der Waals surface area contributed by atoms with Crippen LogP contribution in [0, 0.1) is 0 Å². The van der Waals surface area contributed by atoms with Gasteiger partial charge in [-0.15, -0.1) is 0 Å². The third kappa shape index (κ3) is 4.86. The highest BCUT2D eigenvalue weighted by molar-refractivity contribution is 9.10. The molecule has 0 spiro atoms. The number of hydrogen-bond donors (Lipinski definition) is 0. The quantitative estimate of drug-likeness (QED) is 0.763. The van der Waals surface area contributed by atoms with Crippen LogP contribution in [0.15, 0.2) is 22.7 Å². The van der Waals surface area contributed by atoms with Gasteiger partial charge in [-0.1, -0.05) is 34.5 Å². The Bertz CT molecular complexity index is 716. The number of ether oxygens (including phenoxy) is 1. The first-order valence-electron chi connectivity index (χ1n) is 6.31. The number of hydrogen-bond acceptors (Lipinski definition) is 4. The maximum atomic E-state index is 12.5. The summed E-state index contributed by atoms with van der Waals surface area (Å²) >= 11 is 9.51. The van der Waals surface area contributed by atoms with Crippen molar-refractivity contribution in [1.82, 2.24) is 9.78 Å². The normalized spacial score (nSPS) is 10.0. The van der Waals surface area contributed by atoms with E-state index in [1.165, 1.54) is 6.07 Å². The molecule has 0 atom stereocenters. The molecule has 0 saturated heterocycles. The average molecular weight is 410 g/mol. The van der Waals surface area contributed by atoms with Crippen molar-refractivity contribution in [1.29, 1.82) is 0 Å². The van der Waals surface area contributed by atoms with Crippen LogP contribution in [-0.4, -0.2) is 22.5 Å². The van der Waals surface area contributed by atoms with Crippen LogP contribution in [0.2, 0.25) is 5.02 Å². The first-order valence-corrected chi connectivity index (χ1v) is 7.48. The predicted octanol–water partition coefficient (Wildman–Crippen LogP) is 4.08. The monoisotopic (exact) mass is 408 g/mol. The summed E-state index contributed by atoms with van der Waals surface area (Å²) in [6.45, 7) is -0.975. The van der Waals surface area contributed by atoms with Crippen LogP contribution in [0.25, 0.3) is 11.3 Å². The van der Waals surface area contributed by atoms with Crippen molar-refractivity contribution in [3.8, 4) is 17.0 Å². The van der Waals surface area contributed by atoms with Crippen molar-refractivity contribution in [3.05, 3.63) is 33.4 Å². The molecule has 2 aromatic rings. The first kappa shape index (κ1) is 19.3. The van der Waals surface area contributed by atoms with Crippen LogP contribution in [0.5, 0.6) is 5.75 Å². The van der Waals surface area contributed by atoms with Gasteiger partial charge in [0, 0.05) is 17.1 Å². The largest absolute Gasteiger partial charge is 0.434 e. The maximum absolute atomic E-state index is 12.5. The van der Waals surface area contributed by atoms with E-state index < -0.39 is 6.61 Å². The summed E-state index contributed by atoms with van der Waals surface area (Å²) in [6, 6.07) is 4.89. The number of carbonyl (C=O) groups excluding carboxylic acids is 2. The number of alkyl halides is 2. The molecule has 0 aliphatic rings. The highest BCUT2D eigenvalue weighted by atomic mass is 79.9. The molecule has 0 aliphatic carbocycles. The van der Waals surface area contributed by atoms with E-state index in [1.54, 1.807) is 23.9 Å². The zero-order valence-corrected chi connectivity index (χ0v) is 14.5. The Morgan fingerprint density at radius 3 is 2.52 bits per heavy atom. The van der Waals surface area contributed by atoms with E-state index in [4.69, 9.17) is 21.2 Å². The Labute approximate surface area is 144 Å². The molecule has 0 fully saturated rings. The Kier molecular flexibility index (Phi) is 7.35. The number of rotatable bonds is 4. The fourth-order valence-electron chi connectivity index (χ4n) is 1.96. The van der Waals surface area contributed by atoms with Crippen LogP contribution in [0.1, 0.15) is 12.6 Å². The molecule has 0 aliphatic heterocycles. The summed E-state index contributed by atoms with van der Waals surface area (Å²) in [5.41, 5.74) is 1.76. The molecule has 9 heteroatoms. The van der Waals surface area contributed by atoms with E-state index in [0.29, 0.717) is 27.2 Å². The number of benzene rings is 1. The Morgan fingerprint density at radius 2 is 2.04 bits per heavy atom. The van der Waals surface area contributed by atoms with Crippen LogP contribution < -0.4 is 4.74 Å². The van der Waals surface area contributed by atoms with Crippen molar-refractivity contribution < 1.29 is 23.1 Å². The topological polar surface area (TPSA) is 61.2 Å². The maximum Gasteiger partial charge on any atom is 0.387 e. The van der Waals surface area contributed by atoms with Gasteiger partial charge in [0.2, 0.25) is 0 Å². The van der Waals surface area contributed by atoms with Crippen molar-refractivity contribution in [3.63, 3.8) is 0 Å². The van der Waals surface area contributed by atoms with Crippen molar-refractivity contribution >= 4 is 33.7 Å². The molecule has 1 aromatic carbocycles. The number of aromatic nitrogens is 2. The molecule has 1 aromatic heterocycles. The Balaban J connectivity index is 0.000000816. The minimum absolute atomic E-state index is 0.0573. The van der Waals surface area contributed by atoms with Gasteiger partial charge in [-0.3, -0.25) is 4.68 Å². The van der Waals surface area contributed by atoms with Gasteiger partial charge in [-0.05, 0) is 24.6 Å². The van der Waals surface area contributed by atoms with Crippen molar-refractivity contribution in [2.45, 2.75) is 20.0 Å². The van der Waals surface area contributed by atoms with E-state index in [0.717, 1.165) is 5.69 Å². The standard InChI is InChI=1S/C13H12BrClF2N2O.CO2/c1-3-9-11(15)12(19(2)18-9)8-5-4-7(14)6-10(8)20-13(16)17;2-1-3/h4-6,13H,3H2,1-2H3;. The SMILES string of the molecule is CCc1nn(C)c(-c2ccc(Br)cc2OC(F)F)c1Cl.O=C=O. The summed E-state index contributed by atoms with van der Waals surface area (Å²) in [5, 5.41) is 4.73. The zero-order chi connectivity index (χ0) is 17.6.